The zero-order valence-corrected chi connectivity index (χ0v) is 34.3. The first-order chi connectivity index (χ1) is 25.3. The number of hydrogen-bond acceptors (Lipinski definition) is 7. The first kappa shape index (κ1) is 42.1. The van der Waals surface area contributed by atoms with Gasteiger partial charge in [0.15, 0.2) is 0 Å². The molecule has 1 spiro atoms. The number of sulfonamides is 1. The lowest BCUT2D eigenvalue weighted by atomic mass is 9.70. The van der Waals surface area contributed by atoms with Crippen LogP contribution in [0.2, 0.25) is 0 Å². The van der Waals surface area contributed by atoms with Gasteiger partial charge in [-0.15, -0.1) is 6.58 Å². The number of fused-ring (bicyclic) bond motifs is 2. The molecule has 1 saturated heterocycles. The van der Waals surface area contributed by atoms with E-state index < -0.39 is 62.6 Å². The molecule has 0 bridgehead atoms. The normalized spacial score (nSPS) is 26.2. The quantitative estimate of drug-likeness (QED) is 0.137. The highest BCUT2D eigenvalue weighted by molar-refractivity contribution is 7.88. The predicted octanol–water partition coefficient (Wildman–Crippen LogP) is 3.74. The van der Waals surface area contributed by atoms with Crippen molar-refractivity contribution >= 4 is 39.6 Å². The molecule has 4 aliphatic carbocycles. The third-order valence-corrected chi connectivity index (χ3v) is 15.1. The number of nitrogens with zero attached hydrogens (tertiary/aromatic N) is 2. The van der Waals surface area contributed by atoms with E-state index in [1.165, 1.54) is 17.4 Å². The molecule has 0 aromatic heterocycles. The number of nitrogens with one attached hydrogen (secondary N) is 4. The van der Waals surface area contributed by atoms with Crippen LogP contribution in [0.1, 0.15) is 111 Å². The number of rotatable bonds is 16. The van der Waals surface area contributed by atoms with Crippen LogP contribution in [0, 0.1) is 39.9 Å². The first-order valence-electron chi connectivity index (χ1n) is 20.3. The highest BCUT2D eigenvalue weighted by atomic mass is 32.2. The molecule has 0 radical (unpaired) electrons. The molecular formula is C40H66N6O7S. The minimum absolute atomic E-state index is 0.0225. The molecule has 13 nitrogen and oxygen atoms in total. The fourth-order valence-electron chi connectivity index (χ4n) is 9.69. The summed E-state index contributed by atoms with van der Waals surface area (Å²) in [7, 11) is -2.02. The number of carbonyl (C=O) groups excluding carboxylic acids is 5. The monoisotopic (exact) mass is 774 g/mol. The predicted molar refractivity (Wildman–Crippen MR) is 207 cm³/mol. The lowest BCUT2D eigenvalue weighted by Crippen LogP contribution is -2.63. The van der Waals surface area contributed by atoms with Crippen molar-refractivity contribution in [2.45, 2.75) is 129 Å². The molecule has 5 fully saturated rings. The van der Waals surface area contributed by atoms with Crippen molar-refractivity contribution in [2.75, 3.05) is 39.5 Å². The largest absolute Gasteiger partial charge is 0.354 e. The summed E-state index contributed by atoms with van der Waals surface area (Å²) in [4.78, 5) is 71.2. The van der Waals surface area contributed by atoms with Crippen LogP contribution >= 0.6 is 0 Å². The number of ketones is 1. The van der Waals surface area contributed by atoms with Crippen molar-refractivity contribution in [3.63, 3.8) is 0 Å². The zero-order valence-electron chi connectivity index (χ0n) is 33.5. The van der Waals surface area contributed by atoms with Crippen LogP contribution in [0.5, 0.6) is 0 Å². The van der Waals surface area contributed by atoms with Gasteiger partial charge in [0.05, 0.1) is 6.26 Å². The Bertz CT molecular complexity index is 1550. The van der Waals surface area contributed by atoms with Gasteiger partial charge < -0.3 is 26.2 Å². The first-order valence-corrected chi connectivity index (χ1v) is 22.1. The molecule has 14 heteroatoms. The molecule has 0 aromatic carbocycles. The molecule has 5 aliphatic rings. The summed E-state index contributed by atoms with van der Waals surface area (Å²) in [6, 6.07) is -2.76. The summed E-state index contributed by atoms with van der Waals surface area (Å²) in [5.41, 5.74) is -0.907. The number of carbonyl (C=O) groups is 5. The Labute approximate surface area is 323 Å². The number of urea groups is 1. The maximum atomic E-state index is 15.1. The van der Waals surface area contributed by atoms with E-state index in [2.05, 4.69) is 34.8 Å². The average molecular weight is 775 g/mol. The Balaban J connectivity index is 1.38. The second-order valence-corrected chi connectivity index (χ2v) is 20.8. The van der Waals surface area contributed by atoms with Crippen molar-refractivity contribution in [1.29, 1.82) is 0 Å². The van der Waals surface area contributed by atoms with Crippen LogP contribution in [0.15, 0.2) is 12.7 Å². The maximum absolute atomic E-state index is 15.1. The number of likely N-dealkylation sites (tertiary alicyclic amines) is 1. The second-order valence-electron chi connectivity index (χ2n) is 18.7. The Kier molecular flexibility index (Phi) is 13.0. The van der Waals surface area contributed by atoms with E-state index in [0.717, 1.165) is 83.3 Å². The standard InChI is InChI=1S/C40H66N6O7S/c1-8-21-41-35(49)32(47)27(22-26-13-12-14-26)23-42-34(48)31-28-15-18-40(19-20-40)29(28)24-46(31)36(50)33(39(5)16-10-9-11-17-39)44-37(51)43-30(38(2,3)4)25-45(6)54(7,52)53/h8,26-31,33H,1,9-25H2,2-7H3,(H,41,49)(H,42,48)(H2,43,44,51)/t27?,28-,29-,30+,31-,33+/m0/s1. The van der Waals surface area contributed by atoms with Gasteiger partial charge in [0.25, 0.3) is 5.91 Å². The van der Waals surface area contributed by atoms with Gasteiger partial charge in [-0.2, -0.15) is 0 Å². The molecule has 4 N–H and O–H groups in total. The van der Waals surface area contributed by atoms with Crippen LogP contribution in [0.25, 0.3) is 0 Å². The van der Waals surface area contributed by atoms with Crippen LogP contribution in [-0.4, -0.2) is 105 Å². The van der Waals surface area contributed by atoms with Crippen LogP contribution in [0.4, 0.5) is 4.79 Å². The molecule has 5 rings (SSSR count). The lowest BCUT2D eigenvalue weighted by Gasteiger charge is -2.43. The van der Waals surface area contributed by atoms with Crippen molar-refractivity contribution in [3.8, 4) is 0 Å². The van der Waals surface area contributed by atoms with Gasteiger partial charge in [-0.05, 0) is 78.9 Å². The van der Waals surface area contributed by atoms with Gasteiger partial charge in [0.2, 0.25) is 27.6 Å². The molecule has 1 aliphatic heterocycles. The molecule has 54 heavy (non-hydrogen) atoms. The Morgan fingerprint density at radius 2 is 1.61 bits per heavy atom. The minimum Gasteiger partial charge on any atom is -0.354 e. The SMILES string of the molecule is C=CCNC(=O)C(=O)C(CNC(=O)[C@@H]1[C@H]2CCC3(CC3)[C@H]2CN1C(=O)[C@@H](NC(=O)N[C@H](CN(C)S(C)(=O)=O)C(C)(C)C)C1(C)CCCCC1)CC1CCC1. The zero-order chi connectivity index (χ0) is 39.6. The van der Waals surface area contributed by atoms with Crippen molar-refractivity contribution in [1.82, 2.24) is 30.5 Å². The minimum atomic E-state index is -3.50. The van der Waals surface area contributed by atoms with Gasteiger partial charge in [-0.1, -0.05) is 72.3 Å². The van der Waals surface area contributed by atoms with E-state index in [9.17, 15) is 27.6 Å². The Morgan fingerprint density at radius 3 is 2.17 bits per heavy atom. The van der Waals surface area contributed by atoms with Gasteiger partial charge >= 0.3 is 6.03 Å². The fourth-order valence-corrected chi connectivity index (χ4v) is 10.1. The second kappa shape index (κ2) is 16.6. The number of likely N-dealkylation sites (N-methyl/N-ethyl adjacent to an activating group) is 1. The van der Waals surface area contributed by atoms with E-state index in [-0.39, 0.29) is 48.7 Å². The summed E-state index contributed by atoms with van der Waals surface area (Å²) < 4.78 is 25.8. The van der Waals surface area contributed by atoms with Crippen LogP contribution in [-0.2, 0) is 29.2 Å². The maximum Gasteiger partial charge on any atom is 0.315 e. The summed E-state index contributed by atoms with van der Waals surface area (Å²) in [6.45, 7) is 12.1. The average Bonchev–Trinajstić information content (AvgIpc) is 3.65. The van der Waals surface area contributed by atoms with E-state index in [1.54, 1.807) is 4.90 Å². The Hall–Kier alpha value is -3.00. The molecule has 6 atom stereocenters. The third kappa shape index (κ3) is 9.50. The van der Waals surface area contributed by atoms with Crippen molar-refractivity contribution in [2.24, 2.45) is 39.9 Å². The summed E-state index contributed by atoms with van der Waals surface area (Å²) in [5, 5.41) is 11.7. The van der Waals surface area contributed by atoms with E-state index in [4.69, 9.17) is 0 Å². The van der Waals surface area contributed by atoms with E-state index >= 15 is 4.79 Å². The molecule has 304 valence electrons. The highest BCUT2D eigenvalue weighted by Gasteiger charge is 2.64. The molecule has 5 amide bonds. The smallest absolute Gasteiger partial charge is 0.315 e. The van der Waals surface area contributed by atoms with E-state index in [1.807, 2.05) is 20.8 Å². The third-order valence-electron chi connectivity index (χ3n) is 13.8. The molecule has 1 unspecified atom stereocenters. The summed E-state index contributed by atoms with van der Waals surface area (Å²) in [6.07, 6.45) is 14.6. The van der Waals surface area contributed by atoms with Crippen LogP contribution in [0.3, 0.4) is 0 Å². The summed E-state index contributed by atoms with van der Waals surface area (Å²) >= 11 is 0. The van der Waals surface area contributed by atoms with Gasteiger partial charge in [-0.3, -0.25) is 19.2 Å². The fraction of sp³-hybridized carbons (Fsp3) is 0.825. The Morgan fingerprint density at radius 1 is 0.944 bits per heavy atom. The van der Waals surface area contributed by atoms with Gasteiger partial charge in [0.1, 0.15) is 12.1 Å². The lowest BCUT2D eigenvalue weighted by molar-refractivity contribution is -0.144. The van der Waals surface area contributed by atoms with Gasteiger partial charge in [-0.25, -0.2) is 17.5 Å². The van der Waals surface area contributed by atoms with Gasteiger partial charge in [0, 0.05) is 45.2 Å². The number of hydrogen-bond donors (Lipinski definition) is 4. The molecule has 4 saturated carbocycles. The van der Waals surface area contributed by atoms with Crippen molar-refractivity contribution in [3.05, 3.63) is 12.7 Å². The summed E-state index contributed by atoms with van der Waals surface area (Å²) in [5.74, 6) is -1.98. The molecular weight excluding hydrogens is 709 g/mol. The van der Waals surface area contributed by atoms with Crippen molar-refractivity contribution < 1.29 is 32.4 Å². The highest BCUT2D eigenvalue weighted by Crippen LogP contribution is 2.66. The van der Waals surface area contributed by atoms with Crippen LogP contribution < -0.4 is 21.3 Å². The number of Topliss-reactive ketones (excluding diaryl/α,β-unsaturated/α-hetero) is 1. The topological polar surface area (TPSA) is 174 Å². The number of amides is 5. The van der Waals surface area contributed by atoms with E-state index in [0.29, 0.717) is 18.9 Å². The molecule has 0 aromatic rings. The molecule has 1 heterocycles.